The second-order valence-corrected chi connectivity index (χ2v) is 7.00. The minimum Gasteiger partial charge on any atom is -0.388 e. The lowest BCUT2D eigenvalue weighted by Gasteiger charge is -2.29. The van der Waals surface area contributed by atoms with Gasteiger partial charge in [0.05, 0.1) is 11.3 Å². The van der Waals surface area contributed by atoms with Crippen molar-refractivity contribution < 1.29 is 9.90 Å². The molecule has 6 nitrogen and oxygen atoms in total. The van der Waals surface area contributed by atoms with E-state index in [-0.39, 0.29) is 5.91 Å². The number of likely N-dealkylation sites (tertiary alicyclic amines) is 1. The average Bonchev–Trinajstić information content (AvgIpc) is 2.71. The maximum Gasteiger partial charge on any atom is 0.272 e. The van der Waals surface area contributed by atoms with Gasteiger partial charge >= 0.3 is 0 Å². The molecule has 0 aliphatic carbocycles. The number of aryl methyl sites for hydroxylation is 2. The molecule has 0 spiro atoms. The van der Waals surface area contributed by atoms with E-state index in [0.717, 1.165) is 31.4 Å². The van der Waals surface area contributed by atoms with Crippen molar-refractivity contribution in [2.75, 3.05) is 33.7 Å². The zero-order chi connectivity index (χ0) is 17.0. The molecule has 2 heterocycles. The fraction of sp³-hybridized carbons (Fsp3) is 0.765. The normalized spacial score (nSPS) is 22.4. The minimum absolute atomic E-state index is 0.0245. The first-order chi connectivity index (χ1) is 10.8. The first kappa shape index (κ1) is 17.9. The molecule has 1 fully saturated rings. The van der Waals surface area contributed by atoms with Crippen LogP contribution in [0.2, 0.25) is 0 Å². The third kappa shape index (κ3) is 4.54. The van der Waals surface area contributed by atoms with E-state index in [1.54, 1.807) is 4.68 Å². The van der Waals surface area contributed by atoms with Gasteiger partial charge in [0, 0.05) is 26.7 Å². The van der Waals surface area contributed by atoms with E-state index in [2.05, 4.69) is 12.0 Å². The van der Waals surface area contributed by atoms with Crippen LogP contribution >= 0.6 is 0 Å². The molecule has 0 radical (unpaired) electrons. The summed E-state index contributed by atoms with van der Waals surface area (Å²) in [5.41, 5.74) is 0.919. The number of nitrogens with zero attached hydrogens (tertiary/aromatic N) is 4. The standard InChI is InChI=1S/C17H30N4O2/c1-5-7-14-12-15(20(4)18-14)16(22)21-10-6-8-17(23,9-11-21)13-19(2)3/h12,23H,5-11,13H2,1-4H3. The van der Waals surface area contributed by atoms with E-state index in [0.29, 0.717) is 31.7 Å². The Labute approximate surface area is 139 Å². The first-order valence-corrected chi connectivity index (χ1v) is 8.54. The van der Waals surface area contributed by atoms with Gasteiger partial charge in [-0.25, -0.2) is 0 Å². The second kappa shape index (κ2) is 7.45. The second-order valence-electron chi connectivity index (χ2n) is 7.00. The summed E-state index contributed by atoms with van der Waals surface area (Å²) in [5.74, 6) is 0.0245. The van der Waals surface area contributed by atoms with Gasteiger partial charge in [0.1, 0.15) is 5.69 Å². The van der Waals surface area contributed by atoms with E-state index in [1.807, 2.05) is 37.0 Å². The van der Waals surface area contributed by atoms with Gasteiger partial charge in [0.2, 0.25) is 0 Å². The molecule has 1 saturated heterocycles. The van der Waals surface area contributed by atoms with Gasteiger partial charge < -0.3 is 14.9 Å². The molecular weight excluding hydrogens is 292 g/mol. The van der Waals surface area contributed by atoms with Crippen molar-refractivity contribution in [1.82, 2.24) is 19.6 Å². The van der Waals surface area contributed by atoms with Crippen molar-refractivity contribution in [1.29, 1.82) is 0 Å². The van der Waals surface area contributed by atoms with Crippen LogP contribution in [0.3, 0.4) is 0 Å². The molecule has 1 amide bonds. The number of hydrogen-bond donors (Lipinski definition) is 1. The molecule has 1 unspecified atom stereocenters. The Kier molecular flexibility index (Phi) is 5.81. The first-order valence-electron chi connectivity index (χ1n) is 8.54. The maximum absolute atomic E-state index is 12.8. The van der Waals surface area contributed by atoms with Crippen molar-refractivity contribution in [3.05, 3.63) is 17.5 Å². The molecule has 1 N–H and O–H groups in total. The highest BCUT2D eigenvalue weighted by atomic mass is 16.3. The Morgan fingerprint density at radius 2 is 2.13 bits per heavy atom. The summed E-state index contributed by atoms with van der Waals surface area (Å²) in [6, 6.07) is 1.91. The quantitative estimate of drug-likeness (QED) is 0.887. The summed E-state index contributed by atoms with van der Waals surface area (Å²) in [6.07, 6.45) is 4.10. The van der Waals surface area contributed by atoms with Crippen LogP contribution < -0.4 is 0 Å². The van der Waals surface area contributed by atoms with E-state index < -0.39 is 5.60 Å². The zero-order valence-corrected chi connectivity index (χ0v) is 14.9. The summed E-state index contributed by atoms with van der Waals surface area (Å²) in [6.45, 7) is 4.04. The number of hydrogen-bond acceptors (Lipinski definition) is 4. The van der Waals surface area contributed by atoms with Crippen molar-refractivity contribution >= 4 is 5.91 Å². The van der Waals surface area contributed by atoms with Gasteiger partial charge in [-0.1, -0.05) is 13.3 Å². The predicted molar refractivity (Wildman–Crippen MR) is 90.5 cm³/mol. The van der Waals surface area contributed by atoms with Crippen LogP contribution in [0.25, 0.3) is 0 Å². The van der Waals surface area contributed by atoms with Gasteiger partial charge in [0.15, 0.2) is 0 Å². The van der Waals surface area contributed by atoms with Crippen LogP contribution in [0.4, 0.5) is 0 Å². The fourth-order valence-corrected chi connectivity index (χ4v) is 3.40. The summed E-state index contributed by atoms with van der Waals surface area (Å²) in [5, 5.41) is 15.1. The van der Waals surface area contributed by atoms with Crippen LogP contribution in [-0.4, -0.2) is 69.9 Å². The van der Waals surface area contributed by atoms with E-state index in [9.17, 15) is 9.90 Å². The van der Waals surface area contributed by atoms with Gasteiger partial charge in [-0.2, -0.15) is 5.10 Å². The number of likely N-dealkylation sites (N-methyl/N-ethyl adjacent to an activating group) is 1. The number of amides is 1. The number of aliphatic hydroxyl groups is 1. The molecule has 130 valence electrons. The maximum atomic E-state index is 12.8. The molecule has 1 aliphatic rings. The highest BCUT2D eigenvalue weighted by molar-refractivity contribution is 5.92. The number of aromatic nitrogens is 2. The molecule has 6 heteroatoms. The summed E-state index contributed by atoms with van der Waals surface area (Å²) < 4.78 is 1.68. The number of carbonyl (C=O) groups is 1. The van der Waals surface area contributed by atoms with Crippen molar-refractivity contribution in [2.24, 2.45) is 7.05 Å². The van der Waals surface area contributed by atoms with Crippen LogP contribution in [0.15, 0.2) is 6.07 Å². The fourth-order valence-electron chi connectivity index (χ4n) is 3.40. The Morgan fingerprint density at radius 1 is 1.39 bits per heavy atom. The van der Waals surface area contributed by atoms with Gasteiger partial charge in [-0.3, -0.25) is 9.48 Å². The molecule has 23 heavy (non-hydrogen) atoms. The third-order valence-electron chi connectivity index (χ3n) is 4.47. The van der Waals surface area contributed by atoms with Crippen LogP contribution in [-0.2, 0) is 13.5 Å². The zero-order valence-electron chi connectivity index (χ0n) is 14.9. The smallest absolute Gasteiger partial charge is 0.272 e. The van der Waals surface area contributed by atoms with Gasteiger partial charge in [-0.05, 0) is 45.8 Å². The minimum atomic E-state index is -0.696. The highest BCUT2D eigenvalue weighted by Crippen LogP contribution is 2.24. The lowest BCUT2D eigenvalue weighted by atomic mass is 9.94. The highest BCUT2D eigenvalue weighted by Gasteiger charge is 2.32. The van der Waals surface area contributed by atoms with E-state index in [4.69, 9.17) is 0 Å². The van der Waals surface area contributed by atoms with Gasteiger partial charge in [-0.15, -0.1) is 0 Å². The average molecular weight is 322 g/mol. The summed E-state index contributed by atoms with van der Waals surface area (Å²) in [4.78, 5) is 16.7. The van der Waals surface area contributed by atoms with Crippen LogP contribution in [0.1, 0.15) is 48.8 Å². The van der Waals surface area contributed by atoms with Gasteiger partial charge in [0.25, 0.3) is 5.91 Å². The third-order valence-corrected chi connectivity index (χ3v) is 4.47. The monoisotopic (exact) mass is 322 g/mol. The predicted octanol–water partition coefficient (Wildman–Crippen LogP) is 1.29. The Morgan fingerprint density at radius 3 is 2.78 bits per heavy atom. The summed E-state index contributed by atoms with van der Waals surface area (Å²) in [7, 11) is 5.76. The molecule has 1 aromatic heterocycles. The topological polar surface area (TPSA) is 61.6 Å². The molecular formula is C17H30N4O2. The molecule has 2 rings (SSSR count). The Balaban J connectivity index is 2.06. The summed E-state index contributed by atoms with van der Waals surface area (Å²) >= 11 is 0. The molecule has 1 atom stereocenters. The molecule has 0 aromatic carbocycles. The Bertz CT molecular complexity index is 541. The number of carbonyl (C=O) groups excluding carboxylic acids is 1. The van der Waals surface area contributed by atoms with E-state index >= 15 is 0 Å². The largest absolute Gasteiger partial charge is 0.388 e. The molecule has 0 saturated carbocycles. The number of rotatable bonds is 5. The van der Waals surface area contributed by atoms with Crippen LogP contribution in [0, 0.1) is 0 Å². The van der Waals surface area contributed by atoms with Crippen LogP contribution in [0.5, 0.6) is 0 Å². The van der Waals surface area contributed by atoms with Crippen molar-refractivity contribution in [3.63, 3.8) is 0 Å². The molecule has 1 aliphatic heterocycles. The molecule has 0 bridgehead atoms. The SMILES string of the molecule is CCCc1cc(C(=O)N2CCCC(O)(CN(C)C)CC2)n(C)n1. The van der Waals surface area contributed by atoms with E-state index in [1.165, 1.54) is 0 Å². The molecule has 1 aromatic rings. The lowest BCUT2D eigenvalue weighted by molar-refractivity contribution is 0.00302. The van der Waals surface area contributed by atoms with Crippen molar-refractivity contribution in [3.8, 4) is 0 Å². The lowest BCUT2D eigenvalue weighted by Crippen LogP contribution is -2.41. The van der Waals surface area contributed by atoms with Crippen molar-refractivity contribution in [2.45, 2.75) is 44.6 Å². The Hall–Kier alpha value is -1.40.